The van der Waals surface area contributed by atoms with E-state index in [-0.39, 0.29) is 5.78 Å². The van der Waals surface area contributed by atoms with Crippen molar-refractivity contribution in [3.05, 3.63) is 47.7 Å². The van der Waals surface area contributed by atoms with Crippen molar-refractivity contribution in [3.63, 3.8) is 0 Å². The van der Waals surface area contributed by atoms with Gasteiger partial charge in [-0.2, -0.15) is 0 Å². The van der Waals surface area contributed by atoms with Crippen LogP contribution in [-0.4, -0.2) is 12.3 Å². The molecule has 2 aliphatic rings. The average Bonchev–Trinajstić information content (AvgIpc) is 2.30. The Balaban J connectivity index is 2.43. The third kappa shape index (κ3) is 1.11. The van der Waals surface area contributed by atoms with Crippen LogP contribution in [0, 0.1) is 0 Å². The van der Waals surface area contributed by atoms with Crippen molar-refractivity contribution in [2.24, 2.45) is 0 Å². The number of carbonyl (C=O) groups excluding carboxylic acids is 1. The van der Waals surface area contributed by atoms with E-state index in [4.69, 9.17) is 0 Å². The van der Waals surface area contributed by atoms with Gasteiger partial charge in [0.15, 0.2) is 5.78 Å². The van der Waals surface area contributed by atoms with Gasteiger partial charge in [0.2, 0.25) is 0 Å². The van der Waals surface area contributed by atoms with E-state index >= 15 is 0 Å². The second-order valence-corrected chi connectivity index (χ2v) is 2.74. The maximum absolute atomic E-state index is 11.3. The summed E-state index contributed by atoms with van der Waals surface area (Å²) in [6.07, 6.45) is 10.9. The van der Waals surface area contributed by atoms with Crippen molar-refractivity contribution in [3.8, 4) is 0 Å². The van der Waals surface area contributed by atoms with E-state index in [1.54, 1.807) is 12.2 Å². The van der Waals surface area contributed by atoms with Crippen LogP contribution in [0.25, 0.3) is 0 Å². The second kappa shape index (κ2) is 2.81. The Hall–Kier alpha value is -1.57. The summed E-state index contributed by atoms with van der Waals surface area (Å²) in [4.78, 5) is 11.3. The smallest absolute Gasteiger partial charge is 0.186 e. The molecular formula is C10H9NO. The monoisotopic (exact) mass is 159 g/mol. The third-order valence-corrected chi connectivity index (χ3v) is 1.93. The van der Waals surface area contributed by atoms with Crippen LogP contribution in [0.5, 0.6) is 0 Å². The largest absolute Gasteiger partial charge is 0.387 e. The quantitative estimate of drug-likeness (QED) is 0.573. The highest BCUT2D eigenvalue weighted by atomic mass is 16.1. The van der Waals surface area contributed by atoms with Gasteiger partial charge in [0.05, 0.1) is 0 Å². The Labute approximate surface area is 71.0 Å². The van der Waals surface area contributed by atoms with Crippen LogP contribution in [0.1, 0.15) is 0 Å². The highest BCUT2D eigenvalue weighted by Gasteiger charge is 2.14. The normalized spacial score (nSPS) is 20.5. The number of rotatable bonds is 0. The third-order valence-electron chi connectivity index (χ3n) is 1.93. The molecule has 0 aromatic carbocycles. The molecule has 2 rings (SSSR count). The predicted octanol–water partition coefficient (Wildman–Crippen LogP) is 1.09. The number of ketones is 1. The molecule has 0 unspecified atom stereocenters. The van der Waals surface area contributed by atoms with E-state index in [9.17, 15) is 4.79 Å². The Kier molecular flexibility index (Phi) is 1.67. The van der Waals surface area contributed by atoms with Gasteiger partial charge in [-0.3, -0.25) is 4.79 Å². The zero-order valence-corrected chi connectivity index (χ0v) is 6.58. The molecule has 0 bridgehead atoms. The molecule has 0 atom stereocenters. The Bertz CT molecular complexity index is 332. The van der Waals surface area contributed by atoms with E-state index in [2.05, 4.69) is 5.32 Å². The van der Waals surface area contributed by atoms with Gasteiger partial charge in [-0.1, -0.05) is 12.2 Å². The molecule has 0 saturated heterocycles. The first-order valence-electron chi connectivity index (χ1n) is 3.90. The van der Waals surface area contributed by atoms with Crippen LogP contribution < -0.4 is 5.32 Å². The second-order valence-electron chi connectivity index (χ2n) is 2.74. The fourth-order valence-electron chi connectivity index (χ4n) is 1.31. The summed E-state index contributed by atoms with van der Waals surface area (Å²) >= 11 is 0. The van der Waals surface area contributed by atoms with Gasteiger partial charge in [0, 0.05) is 12.1 Å². The summed E-state index contributed by atoms with van der Waals surface area (Å²) in [5, 5.41) is 3.08. The van der Waals surface area contributed by atoms with Gasteiger partial charge in [-0.15, -0.1) is 0 Å². The first kappa shape index (κ1) is 7.10. The first-order valence-corrected chi connectivity index (χ1v) is 3.90. The van der Waals surface area contributed by atoms with Gasteiger partial charge in [-0.05, 0) is 30.0 Å². The van der Waals surface area contributed by atoms with Crippen molar-refractivity contribution in [2.45, 2.75) is 0 Å². The lowest BCUT2D eigenvalue weighted by molar-refractivity contribution is -0.111. The molecule has 2 heteroatoms. The molecule has 0 saturated carbocycles. The highest BCUT2D eigenvalue weighted by Crippen LogP contribution is 2.17. The molecule has 0 spiro atoms. The molecular weight excluding hydrogens is 150 g/mol. The maximum Gasteiger partial charge on any atom is 0.186 e. The molecule has 0 radical (unpaired) electrons. The van der Waals surface area contributed by atoms with Crippen molar-refractivity contribution in [1.82, 2.24) is 5.32 Å². The van der Waals surface area contributed by atoms with Crippen LogP contribution in [0.2, 0.25) is 0 Å². The van der Waals surface area contributed by atoms with Gasteiger partial charge in [-0.25, -0.2) is 0 Å². The fraction of sp³-hybridized carbons (Fsp3) is 0.100. The van der Waals surface area contributed by atoms with E-state index in [0.29, 0.717) is 0 Å². The predicted molar refractivity (Wildman–Crippen MR) is 47.5 cm³/mol. The Morgan fingerprint density at radius 3 is 3.08 bits per heavy atom. The summed E-state index contributed by atoms with van der Waals surface area (Å²) in [5.41, 5.74) is 1.87. The van der Waals surface area contributed by atoms with E-state index in [1.807, 2.05) is 24.4 Å². The topological polar surface area (TPSA) is 29.1 Å². The SMILES string of the molecule is O=C1C=CC=C2CNC=CC=C12. The van der Waals surface area contributed by atoms with Crippen LogP contribution in [-0.2, 0) is 4.79 Å². The van der Waals surface area contributed by atoms with Gasteiger partial charge in [0.25, 0.3) is 0 Å². The lowest BCUT2D eigenvalue weighted by atomic mass is 9.97. The van der Waals surface area contributed by atoms with Crippen molar-refractivity contribution >= 4 is 5.78 Å². The van der Waals surface area contributed by atoms with Gasteiger partial charge < -0.3 is 5.32 Å². The average molecular weight is 159 g/mol. The molecule has 1 aliphatic heterocycles. The molecule has 1 heterocycles. The zero-order valence-electron chi connectivity index (χ0n) is 6.58. The van der Waals surface area contributed by atoms with E-state index < -0.39 is 0 Å². The molecule has 0 aromatic rings. The lowest BCUT2D eigenvalue weighted by Gasteiger charge is -2.09. The fourth-order valence-corrected chi connectivity index (χ4v) is 1.31. The maximum atomic E-state index is 11.3. The molecule has 2 nitrogen and oxygen atoms in total. The van der Waals surface area contributed by atoms with Crippen LogP contribution in [0.4, 0.5) is 0 Å². The van der Waals surface area contributed by atoms with Gasteiger partial charge in [0.1, 0.15) is 0 Å². The summed E-state index contributed by atoms with van der Waals surface area (Å²) in [7, 11) is 0. The molecule has 60 valence electrons. The minimum atomic E-state index is 0.0980. The minimum absolute atomic E-state index is 0.0980. The Morgan fingerprint density at radius 2 is 2.17 bits per heavy atom. The highest BCUT2D eigenvalue weighted by molar-refractivity contribution is 6.09. The first-order chi connectivity index (χ1) is 5.88. The summed E-state index contributed by atoms with van der Waals surface area (Å²) in [6.45, 7) is 0.735. The molecule has 0 fully saturated rings. The lowest BCUT2D eigenvalue weighted by Crippen LogP contribution is -2.14. The van der Waals surface area contributed by atoms with Crippen molar-refractivity contribution in [2.75, 3.05) is 6.54 Å². The zero-order chi connectivity index (χ0) is 8.39. The number of carbonyl (C=O) groups is 1. The number of nitrogens with one attached hydrogen (secondary N) is 1. The summed E-state index contributed by atoms with van der Waals surface area (Å²) in [6, 6.07) is 0. The van der Waals surface area contributed by atoms with E-state index in [1.165, 1.54) is 0 Å². The number of hydrogen-bond donors (Lipinski definition) is 1. The molecule has 0 aromatic heterocycles. The van der Waals surface area contributed by atoms with Crippen LogP contribution >= 0.6 is 0 Å². The van der Waals surface area contributed by atoms with E-state index in [0.717, 1.165) is 17.7 Å². The van der Waals surface area contributed by atoms with Crippen LogP contribution in [0.15, 0.2) is 47.7 Å². The molecule has 1 aliphatic carbocycles. The number of fused-ring (bicyclic) bond motifs is 1. The number of hydrogen-bond acceptors (Lipinski definition) is 2. The van der Waals surface area contributed by atoms with Crippen molar-refractivity contribution in [1.29, 1.82) is 0 Å². The minimum Gasteiger partial charge on any atom is -0.387 e. The Morgan fingerprint density at radius 1 is 1.25 bits per heavy atom. The number of allylic oxidation sites excluding steroid dienone is 5. The molecule has 12 heavy (non-hydrogen) atoms. The van der Waals surface area contributed by atoms with Gasteiger partial charge >= 0.3 is 0 Å². The molecule has 1 N–H and O–H groups in total. The molecule has 0 amide bonds. The summed E-state index contributed by atoms with van der Waals surface area (Å²) in [5.74, 6) is 0.0980. The van der Waals surface area contributed by atoms with Crippen LogP contribution in [0.3, 0.4) is 0 Å². The standard InChI is InChI=1S/C10H9NO/c12-10-5-1-3-8-7-11-6-2-4-9(8)10/h1-6,11H,7H2. The van der Waals surface area contributed by atoms with Crippen molar-refractivity contribution < 1.29 is 4.79 Å². The summed E-state index contributed by atoms with van der Waals surface area (Å²) < 4.78 is 0.